The highest BCUT2D eigenvalue weighted by molar-refractivity contribution is 5.93. The third-order valence-corrected chi connectivity index (χ3v) is 5.17. The van der Waals surface area contributed by atoms with Crippen molar-refractivity contribution in [3.63, 3.8) is 0 Å². The minimum Gasteiger partial charge on any atom is -0.478 e. The van der Waals surface area contributed by atoms with E-state index in [9.17, 15) is 9.90 Å². The van der Waals surface area contributed by atoms with Crippen LogP contribution in [0.3, 0.4) is 0 Å². The molecule has 0 amide bonds. The van der Waals surface area contributed by atoms with Gasteiger partial charge in [0.05, 0.1) is 16.6 Å². The third kappa shape index (κ3) is 2.69. The van der Waals surface area contributed by atoms with Crippen LogP contribution in [-0.2, 0) is 6.54 Å². The summed E-state index contributed by atoms with van der Waals surface area (Å²) >= 11 is 0. The molecule has 1 aromatic heterocycles. The number of imidazole rings is 1. The number of hydrogen-bond acceptors (Lipinski definition) is 3. The SMILES string of the molecule is CC1CCCCN1c1nc2cc(C(=O)O)ccc2n1CC1CC1. The third-order valence-electron chi connectivity index (χ3n) is 5.17. The zero-order valence-electron chi connectivity index (χ0n) is 13.5. The summed E-state index contributed by atoms with van der Waals surface area (Å²) in [5, 5.41) is 9.22. The minimum atomic E-state index is -0.892. The fourth-order valence-electron chi connectivity index (χ4n) is 3.60. The van der Waals surface area contributed by atoms with Crippen LogP contribution in [0.1, 0.15) is 49.4 Å². The summed E-state index contributed by atoms with van der Waals surface area (Å²) in [4.78, 5) is 18.5. The van der Waals surface area contributed by atoms with Crippen molar-refractivity contribution in [1.82, 2.24) is 9.55 Å². The maximum Gasteiger partial charge on any atom is 0.335 e. The second kappa shape index (κ2) is 5.55. The van der Waals surface area contributed by atoms with Gasteiger partial charge in [0.1, 0.15) is 0 Å². The summed E-state index contributed by atoms with van der Waals surface area (Å²) in [7, 11) is 0. The van der Waals surface area contributed by atoms with Gasteiger partial charge in [-0.25, -0.2) is 9.78 Å². The smallest absolute Gasteiger partial charge is 0.335 e. The molecule has 4 rings (SSSR count). The van der Waals surface area contributed by atoms with E-state index in [0.29, 0.717) is 11.6 Å². The van der Waals surface area contributed by atoms with Gasteiger partial charge in [-0.05, 0) is 63.1 Å². The van der Waals surface area contributed by atoms with Gasteiger partial charge >= 0.3 is 5.97 Å². The van der Waals surface area contributed by atoms with Gasteiger partial charge in [0.25, 0.3) is 0 Å². The van der Waals surface area contributed by atoms with Crippen LogP contribution < -0.4 is 4.90 Å². The first-order valence-corrected chi connectivity index (χ1v) is 8.63. The predicted octanol–water partition coefficient (Wildman–Crippen LogP) is 3.52. The maximum absolute atomic E-state index is 11.2. The molecule has 23 heavy (non-hydrogen) atoms. The molecular weight excluding hydrogens is 290 g/mol. The lowest BCUT2D eigenvalue weighted by Gasteiger charge is -2.34. The first-order chi connectivity index (χ1) is 11.1. The molecule has 5 nitrogen and oxygen atoms in total. The standard InChI is InChI=1S/C18H23N3O2/c1-12-4-2-3-9-20(12)18-19-15-10-14(17(22)23)7-8-16(15)21(18)11-13-5-6-13/h7-8,10,12-13H,2-6,9,11H2,1H3,(H,22,23). The molecule has 2 aromatic rings. The van der Waals surface area contributed by atoms with Gasteiger partial charge < -0.3 is 14.6 Å². The molecule has 122 valence electrons. The van der Waals surface area contributed by atoms with Gasteiger partial charge in [-0.1, -0.05) is 0 Å². The molecule has 1 saturated carbocycles. The lowest BCUT2D eigenvalue weighted by atomic mass is 10.0. The van der Waals surface area contributed by atoms with Crippen LogP contribution >= 0.6 is 0 Å². The lowest BCUT2D eigenvalue weighted by molar-refractivity contribution is 0.0697. The average Bonchev–Trinajstić information content (AvgIpc) is 3.29. The zero-order chi connectivity index (χ0) is 16.0. The van der Waals surface area contributed by atoms with Gasteiger partial charge in [-0.2, -0.15) is 0 Å². The Kier molecular flexibility index (Phi) is 3.51. The first kappa shape index (κ1) is 14.5. The van der Waals surface area contributed by atoms with Crippen LogP contribution in [0.5, 0.6) is 0 Å². The van der Waals surface area contributed by atoms with Gasteiger partial charge in [0.2, 0.25) is 5.95 Å². The van der Waals surface area contributed by atoms with Crippen molar-refractivity contribution in [3.8, 4) is 0 Å². The van der Waals surface area contributed by atoms with E-state index in [0.717, 1.165) is 36.0 Å². The monoisotopic (exact) mass is 313 g/mol. The van der Waals surface area contributed by atoms with Crippen molar-refractivity contribution in [3.05, 3.63) is 23.8 Å². The van der Waals surface area contributed by atoms with Crippen molar-refractivity contribution in [2.75, 3.05) is 11.4 Å². The number of hydrogen-bond donors (Lipinski definition) is 1. The minimum absolute atomic E-state index is 0.312. The Bertz CT molecular complexity index is 748. The van der Waals surface area contributed by atoms with E-state index in [2.05, 4.69) is 16.4 Å². The van der Waals surface area contributed by atoms with Crippen LogP contribution in [0.25, 0.3) is 11.0 Å². The number of carboxylic acids is 1. The van der Waals surface area contributed by atoms with E-state index >= 15 is 0 Å². The topological polar surface area (TPSA) is 58.4 Å². The van der Waals surface area contributed by atoms with E-state index < -0.39 is 5.97 Å². The van der Waals surface area contributed by atoms with E-state index in [4.69, 9.17) is 4.98 Å². The summed E-state index contributed by atoms with van der Waals surface area (Å²) in [5.41, 5.74) is 2.18. The largest absolute Gasteiger partial charge is 0.478 e. The Labute approximate surface area is 135 Å². The molecule has 1 saturated heterocycles. The molecule has 1 unspecified atom stereocenters. The Morgan fingerprint density at radius 3 is 2.83 bits per heavy atom. The number of anilines is 1. The number of aromatic carboxylic acids is 1. The highest BCUT2D eigenvalue weighted by atomic mass is 16.4. The van der Waals surface area contributed by atoms with Crippen molar-refractivity contribution in [2.45, 2.75) is 51.6 Å². The number of fused-ring (bicyclic) bond motifs is 1. The predicted molar refractivity (Wildman–Crippen MR) is 90.1 cm³/mol. The van der Waals surface area contributed by atoms with Gasteiger partial charge in [-0.3, -0.25) is 0 Å². The van der Waals surface area contributed by atoms with Gasteiger partial charge in [0.15, 0.2) is 0 Å². The van der Waals surface area contributed by atoms with E-state index in [1.54, 1.807) is 12.1 Å². The second-order valence-corrected chi connectivity index (χ2v) is 7.01. The number of rotatable bonds is 4. The Morgan fingerprint density at radius 1 is 1.30 bits per heavy atom. The Balaban J connectivity index is 1.81. The molecule has 2 fully saturated rings. The average molecular weight is 313 g/mol. The molecule has 2 heterocycles. The normalized spacial score (nSPS) is 21.8. The number of aromatic nitrogens is 2. The Hall–Kier alpha value is -2.04. The van der Waals surface area contributed by atoms with Crippen LogP contribution in [0.4, 0.5) is 5.95 Å². The van der Waals surface area contributed by atoms with Crippen LogP contribution in [-0.4, -0.2) is 33.2 Å². The van der Waals surface area contributed by atoms with Gasteiger partial charge in [0, 0.05) is 19.1 Å². The molecule has 1 aliphatic heterocycles. The molecule has 1 aliphatic carbocycles. The number of carboxylic acid groups (broad SMARTS) is 1. The summed E-state index contributed by atoms with van der Waals surface area (Å²) in [5.74, 6) is 0.892. The second-order valence-electron chi connectivity index (χ2n) is 7.01. The Morgan fingerprint density at radius 2 is 2.13 bits per heavy atom. The number of nitrogens with zero attached hydrogens (tertiary/aromatic N) is 3. The number of benzene rings is 1. The first-order valence-electron chi connectivity index (χ1n) is 8.63. The molecule has 2 aliphatic rings. The molecular formula is C18H23N3O2. The highest BCUT2D eigenvalue weighted by Gasteiger charge is 2.28. The summed E-state index contributed by atoms with van der Waals surface area (Å²) < 4.78 is 2.32. The number of carbonyl (C=O) groups is 1. The molecule has 0 bridgehead atoms. The van der Waals surface area contributed by atoms with Crippen molar-refractivity contribution < 1.29 is 9.90 Å². The highest BCUT2D eigenvalue weighted by Crippen LogP contribution is 2.35. The van der Waals surface area contributed by atoms with Crippen molar-refractivity contribution in [1.29, 1.82) is 0 Å². The van der Waals surface area contributed by atoms with Crippen molar-refractivity contribution >= 4 is 23.0 Å². The molecule has 0 radical (unpaired) electrons. The van der Waals surface area contributed by atoms with Crippen LogP contribution in [0, 0.1) is 5.92 Å². The molecule has 1 atom stereocenters. The van der Waals surface area contributed by atoms with Crippen LogP contribution in [0.2, 0.25) is 0 Å². The van der Waals surface area contributed by atoms with E-state index in [-0.39, 0.29) is 0 Å². The van der Waals surface area contributed by atoms with Gasteiger partial charge in [-0.15, -0.1) is 0 Å². The maximum atomic E-state index is 11.2. The fraction of sp³-hybridized carbons (Fsp3) is 0.556. The van der Waals surface area contributed by atoms with E-state index in [1.165, 1.54) is 32.1 Å². The zero-order valence-corrected chi connectivity index (χ0v) is 13.5. The van der Waals surface area contributed by atoms with Crippen LogP contribution in [0.15, 0.2) is 18.2 Å². The van der Waals surface area contributed by atoms with Crippen molar-refractivity contribution in [2.24, 2.45) is 5.92 Å². The number of piperidine rings is 1. The molecule has 5 heteroatoms. The summed E-state index contributed by atoms with van der Waals surface area (Å²) in [6, 6.07) is 5.82. The molecule has 1 aromatic carbocycles. The van der Waals surface area contributed by atoms with E-state index in [1.807, 2.05) is 6.07 Å². The summed E-state index contributed by atoms with van der Waals surface area (Å²) in [6.45, 7) is 4.31. The molecule has 1 N–H and O–H groups in total. The molecule has 0 spiro atoms. The quantitative estimate of drug-likeness (QED) is 0.938. The lowest BCUT2D eigenvalue weighted by Crippen LogP contribution is -2.39. The summed E-state index contributed by atoms with van der Waals surface area (Å²) in [6.07, 6.45) is 6.28. The fourth-order valence-corrected chi connectivity index (χ4v) is 3.60.